The lowest BCUT2D eigenvalue weighted by atomic mass is 10.1. The molecule has 0 heterocycles. The zero-order valence-electron chi connectivity index (χ0n) is 10.2. The highest BCUT2D eigenvalue weighted by Crippen LogP contribution is 2.14. The summed E-state index contributed by atoms with van der Waals surface area (Å²) in [6.07, 6.45) is 2.46. The molecule has 94 valence electrons. The average Bonchev–Trinajstić information content (AvgIpc) is 2.36. The molecule has 0 aliphatic heterocycles. The smallest absolute Gasteiger partial charge is 0.221 e. The molecule has 0 unspecified atom stereocenters. The molecule has 2 atom stereocenters. The Morgan fingerprint density at radius 1 is 1.41 bits per heavy atom. The third-order valence-corrected chi connectivity index (χ3v) is 3.57. The first-order valence-electron chi connectivity index (χ1n) is 5.65. The quantitative estimate of drug-likeness (QED) is 0.815. The SMILES string of the molecule is CS[C@@H](C)CC(=O)N[C@H](CO)c1ccccc1. The van der Waals surface area contributed by atoms with Gasteiger partial charge in [0.05, 0.1) is 12.6 Å². The first kappa shape index (κ1) is 14.1. The van der Waals surface area contributed by atoms with Crippen molar-refractivity contribution >= 4 is 17.7 Å². The Morgan fingerprint density at radius 3 is 2.59 bits per heavy atom. The molecule has 2 N–H and O–H groups in total. The van der Waals surface area contributed by atoms with Gasteiger partial charge in [-0.3, -0.25) is 4.79 Å². The van der Waals surface area contributed by atoms with Crippen molar-refractivity contribution < 1.29 is 9.90 Å². The van der Waals surface area contributed by atoms with Gasteiger partial charge < -0.3 is 10.4 Å². The maximum Gasteiger partial charge on any atom is 0.221 e. The van der Waals surface area contributed by atoms with E-state index in [2.05, 4.69) is 5.32 Å². The van der Waals surface area contributed by atoms with Crippen molar-refractivity contribution in [3.63, 3.8) is 0 Å². The van der Waals surface area contributed by atoms with E-state index in [1.165, 1.54) is 0 Å². The highest BCUT2D eigenvalue weighted by Gasteiger charge is 2.14. The normalized spacial score (nSPS) is 14.1. The number of nitrogens with one attached hydrogen (secondary N) is 1. The van der Waals surface area contributed by atoms with Crippen LogP contribution in [0.4, 0.5) is 0 Å². The Bertz CT molecular complexity index is 343. The highest BCUT2D eigenvalue weighted by atomic mass is 32.2. The molecular weight excluding hydrogens is 234 g/mol. The second kappa shape index (κ2) is 7.35. The highest BCUT2D eigenvalue weighted by molar-refractivity contribution is 7.99. The van der Waals surface area contributed by atoms with Crippen LogP contribution in [0.15, 0.2) is 30.3 Å². The lowest BCUT2D eigenvalue weighted by Gasteiger charge is -2.17. The van der Waals surface area contributed by atoms with Crippen molar-refractivity contribution in [2.24, 2.45) is 0 Å². The molecule has 17 heavy (non-hydrogen) atoms. The van der Waals surface area contributed by atoms with Crippen LogP contribution in [0.5, 0.6) is 0 Å². The molecular formula is C13H19NO2S. The van der Waals surface area contributed by atoms with Crippen molar-refractivity contribution in [2.75, 3.05) is 12.9 Å². The van der Waals surface area contributed by atoms with Crippen molar-refractivity contribution in [1.29, 1.82) is 0 Å². The summed E-state index contributed by atoms with van der Waals surface area (Å²) in [6, 6.07) is 9.20. The van der Waals surface area contributed by atoms with Gasteiger partial charge in [-0.15, -0.1) is 0 Å². The summed E-state index contributed by atoms with van der Waals surface area (Å²) >= 11 is 1.66. The minimum atomic E-state index is -0.308. The van der Waals surface area contributed by atoms with Crippen LogP contribution in [-0.4, -0.2) is 29.1 Å². The Hall–Kier alpha value is -1.00. The van der Waals surface area contributed by atoms with Crippen LogP contribution in [0, 0.1) is 0 Å². The second-order valence-electron chi connectivity index (χ2n) is 3.96. The number of carbonyl (C=O) groups excluding carboxylic acids is 1. The standard InChI is InChI=1S/C13H19NO2S/c1-10(17-2)8-13(16)14-12(9-15)11-6-4-3-5-7-11/h3-7,10,12,15H,8-9H2,1-2H3,(H,14,16)/t10-,12+/m0/s1. The minimum absolute atomic E-state index is 0.0187. The van der Waals surface area contributed by atoms with Crippen LogP contribution in [0.3, 0.4) is 0 Å². The average molecular weight is 253 g/mol. The minimum Gasteiger partial charge on any atom is -0.394 e. The van der Waals surface area contributed by atoms with Gasteiger partial charge in [0.15, 0.2) is 0 Å². The Morgan fingerprint density at radius 2 is 2.06 bits per heavy atom. The summed E-state index contributed by atoms with van der Waals surface area (Å²) in [5.74, 6) is -0.0187. The fourth-order valence-corrected chi connectivity index (χ4v) is 1.84. The van der Waals surface area contributed by atoms with E-state index in [4.69, 9.17) is 0 Å². The molecule has 1 aromatic rings. The Kier molecular flexibility index (Phi) is 6.08. The second-order valence-corrected chi connectivity index (χ2v) is 5.24. The molecule has 0 fully saturated rings. The molecule has 1 amide bonds. The van der Waals surface area contributed by atoms with Crippen molar-refractivity contribution in [2.45, 2.75) is 24.6 Å². The molecule has 0 bridgehead atoms. The van der Waals surface area contributed by atoms with E-state index < -0.39 is 0 Å². The lowest BCUT2D eigenvalue weighted by molar-refractivity contribution is -0.122. The van der Waals surface area contributed by atoms with Crippen molar-refractivity contribution in [1.82, 2.24) is 5.32 Å². The van der Waals surface area contributed by atoms with Crippen LogP contribution in [-0.2, 0) is 4.79 Å². The third-order valence-electron chi connectivity index (χ3n) is 2.59. The number of hydrogen-bond acceptors (Lipinski definition) is 3. The van der Waals surface area contributed by atoms with Crippen LogP contribution in [0.2, 0.25) is 0 Å². The van der Waals surface area contributed by atoms with Gasteiger partial charge in [0.25, 0.3) is 0 Å². The number of amides is 1. The summed E-state index contributed by atoms with van der Waals surface area (Å²) in [5, 5.41) is 12.4. The molecule has 3 nitrogen and oxygen atoms in total. The maximum atomic E-state index is 11.7. The number of carbonyl (C=O) groups is 1. The topological polar surface area (TPSA) is 49.3 Å². The van der Waals surface area contributed by atoms with E-state index in [0.717, 1.165) is 5.56 Å². The van der Waals surface area contributed by atoms with Gasteiger partial charge in [-0.25, -0.2) is 0 Å². The molecule has 4 heteroatoms. The van der Waals surface area contributed by atoms with E-state index in [9.17, 15) is 9.90 Å². The van der Waals surface area contributed by atoms with E-state index in [1.807, 2.05) is 43.5 Å². The first-order chi connectivity index (χ1) is 8.17. The van der Waals surface area contributed by atoms with E-state index in [1.54, 1.807) is 11.8 Å². The summed E-state index contributed by atoms with van der Waals surface area (Å²) < 4.78 is 0. The molecule has 0 aliphatic carbocycles. The van der Waals surface area contributed by atoms with Gasteiger partial charge >= 0.3 is 0 Å². The number of hydrogen-bond donors (Lipinski definition) is 2. The van der Waals surface area contributed by atoms with Crippen molar-refractivity contribution in [3.05, 3.63) is 35.9 Å². The van der Waals surface area contributed by atoms with Crippen LogP contribution in [0.25, 0.3) is 0 Å². The lowest BCUT2D eigenvalue weighted by Crippen LogP contribution is -2.32. The summed E-state index contributed by atoms with van der Waals surface area (Å²) in [7, 11) is 0. The van der Waals surface area contributed by atoms with Gasteiger partial charge in [-0.05, 0) is 11.8 Å². The number of benzene rings is 1. The first-order valence-corrected chi connectivity index (χ1v) is 6.94. The molecule has 0 saturated heterocycles. The molecule has 1 aromatic carbocycles. The zero-order valence-corrected chi connectivity index (χ0v) is 11.0. The van der Waals surface area contributed by atoms with Crippen LogP contribution >= 0.6 is 11.8 Å². The van der Waals surface area contributed by atoms with Gasteiger partial charge in [0.2, 0.25) is 5.91 Å². The third kappa shape index (κ3) is 4.79. The molecule has 0 spiro atoms. The van der Waals surface area contributed by atoms with Gasteiger partial charge in [0, 0.05) is 11.7 Å². The number of thioether (sulfide) groups is 1. The number of rotatable bonds is 6. The number of aliphatic hydroxyl groups excluding tert-OH is 1. The van der Waals surface area contributed by atoms with Crippen LogP contribution < -0.4 is 5.32 Å². The predicted octanol–water partition coefficient (Wildman–Crippen LogP) is 1.98. The number of aliphatic hydroxyl groups is 1. The molecule has 0 aromatic heterocycles. The fourth-order valence-electron chi connectivity index (χ4n) is 1.52. The predicted molar refractivity (Wildman–Crippen MR) is 72.0 cm³/mol. The summed E-state index contributed by atoms with van der Waals surface area (Å²) in [4.78, 5) is 11.7. The van der Waals surface area contributed by atoms with Gasteiger partial charge in [-0.1, -0.05) is 37.3 Å². The molecule has 0 saturated carbocycles. The Balaban J connectivity index is 2.56. The van der Waals surface area contributed by atoms with Crippen molar-refractivity contribution in [3.8, 4) is 0 Å². The zero-order chi connectivity index (χ0) is 12.7. The summed E-state index contributed by atoms with van der Waals surface area (Å²) in [5.41, 5.74) is 0.931. The molecule has 0 radical (unpaired) electrons. The monoisotopic (exact) mass is 253 g/mol. The fraction of sp³-hybridized carbons (Fsp3) is 0.462. The molecule has 0 aliphatic rings. The van der Waals surface area contributed by atoms with Gasteiger partial charge in [-0.2, -0.15) is 11.8 Å². The largest absolute Gasteiger partial charge is 0.394 e. The van der Waals surface area contributed by atoms with Crippen LogP contribution in [0.1, 0.15) is 24.9 Å². The van der Waals surface area contributed by atoms with E-state index in [0.29, 0.717) is 11.7 Å². The maximum absolute atomic E-state index is 11.7. The van der Waals surface area contributed by atoms with Gasteiger partial charge in [0.1, 0.15) is 0 Å². The molecule has 1 rings (SSSR count). The van der Waals surface area contributed by atoms with E-state index >= 15 is 0 Å². The van der Waals surface area contributed by atoms with E-state index in [-0.39, 0.29) is 18.6 Å². The summed E-state index contributed by atoms with van der Waals surface area (Å²) in [6.45, 7) is 1.93. The Labute approximate surface area is 107 Å².